The minimum absolute atomic E-state index is 0.138. The van der Waals surface area contributed by atoms with Crippen molar-refractivity contribution in [2.45, 2.75) is 32.7 Å². The summed E-state index contributed by atoms with van der Waals surface area (Å²) in [4.78, 5) is 0. The zero-order valence-corrected chi connectivity index (χ0v) is 10.1. The van der Waals surface area contributed by atoms with Gasteiger partial charge in [-0.05, 0) is 32.4 Å². The predicted octanol–water partition coefficient (Wildman–Crippen LogP) is 3.47. The van der Waals surface area contributed by atoms with E-state index in [-0.39, 0.29) is 5.54 Å². The van der Waals surface area contributed by atoms with Crippen LogP contribution in [0, 0.1) is 6.92 Å². The minimum Gasteiger partial charge on any atom is -0.491 e. The van der Waals surface area contributed by atoms with Gasteiger partial charge in [-0.15, -0.1) is 0 Å². The van der Waals surface area contributed by atoms with Crippen LogP contribution in [-0.2, 0) is 5.54 Å². The van der Waals surface area contributed by atoms with Crippen molar-refractivity contribution in [1.29, 1.82) is 0 Å². The van der Waals surface area contributed by atoms with E-state index in [1.807, 2.05) is 0 Å². The molecule has 1 aromatic carbocycles. The number of para-hydroxylation sites is 1. The molecule has 2 heteroatoms. The van der Waals surface area contributed by atoms with E-state index in [2.05, 4.69) is 49.7 Å². The summed E-state index contributed by atoms with van der Waals surface area (Å²) in [5, 5.41) is 1.31. The highest BCUT2D eigenvalue weighted by molar-refractivity contribution is 5.89. The van der Waals surface area contributed by atoms with Crippen LogP contribution in [0.25, 0.3) is 10.9 Å². The SMILES string of the molecule is Cc1cn2c3c(cccc13)OCCC2(C)C. The maximum atomic E-state index is 5.85. The normalized spacial score (nSPS) is 18.2. The van der Waals surface area contributed by atoms with Gasteiger partial charge in [-0.1, -0.05) is 12.1 Å². The molecule has 16 heavy (non-hydrogen) atoms. The van der Waals surface area contributed by atoms with E-state index in [0.717, 1.165) is 18.8 Å². The average Bonchev–Trinajstić information content (AvgIpc) is 2.51. The van der Waals surface area contributed by atoms with E-state index in [9.17, 15) is 0 Å². The highest BCUT2D eigenvalue weighted by atomic mass is 16.5. The van der Waals surface area contributed by atoms with Crippen LogP contribution in [0.15, 0.2) is 24.4 Å². The molecule has 0 saturated carbocycles. The van der Waals surface area contributed by atoms with E-state index in [1.165, 1.54) is 16.5 Å². The molecule has 0 bridgehead atoms. The standard InChI is InChI=1S/C14H17NO/c1-10-9-15-13-11(10)5-4-6-12(13)16-8-7-14(15,2)3/h4-6,9H,7-8H2,1-3H3. The Bertz CT molecular complexity index is 551. The number of nitrogens with zero attached hydrogens (tertiary/aromatic N) is 1. The van der Waals surface area contributed by atoms with Crippen molar-refractivity contribution in [3.05, 3.63) is 30.0 Å². The number of rotatable bonds is 0. The first kappa shape index (κ1) is 9.76. The second-order valence-corrected chi connectivity index (χ2v) is 5.25. The fourth-order valence-corrected chi connectivity index (χ4v) is 2.54. The summed E-state index contributed by atoms with van der Waals surface area (Å²) in [6.07, 6.45) is 3.30. The summed E-state index contributed by atoms with van der Waals surface area (Å²) in [5.74, 6) is 1.02. The van der Waals surface area contributed by atoms with Gasteiger partial charge in [0.2, 0.25) is 0 Å². The van der Waals surface area contributed by atoms with Gasteiger partial charge in [0.15, 0.2) is 0 Å². The molecule has 0 unspecified atom stereocenters. The lowest BCUT2D eigenvalue weighted by atomic mass is 10.0. The van der Waals surface area contributed by atoms with Crippen molar-refractivity contribution < 1.29 is 4.74 Å². The van der Waals surface area contributed by atoms with Gasteiger partial charge in [0.25, 0.3) is 0 Å². The Kier molecular flexibility index (Phi) is 1.85. The highest BCUT2D eigenvalue weighted by Crippen LogP contribution is 2.37. The van der Waals surface area contributed by atoms with Crippen LogP contribution in [0.1, 0.15) is 25.8 Å². The fourth-order valence-electron chi connectivity index (χ4n) is 2.54. The van der Waals surface area contributed by atoms with Gasteiger partial charge in [0.05, 0.1) is 12.1 Å². The number of aromatic nitrogens is 1. The topological polar surface area (TPSA) is 14.2 Å². The number of ether oxygens (including phenoxy) is 1. The summed E-state index contributed by atoms with van der Waals surface area (Å²) >= 11 is 0. The minimum atomic E-state index is 0.138. The van der Waals surface area contributed by atoms with Crippen LogP contribution >= 0.6 is 0 Å². The molecule has 0 radical (unpaired) electrons. The molecule has 84 valence electrons. The van der Waals surface area contributed by atoms with E-state index >= 15 is 0 Å². The molecular weight excluding hydrogens is 198 g/mol. The van der Waals surface area contributed by atoms with Crippen LogP contribution < -0.4 is 4.74 Å². The molecule has 0 saturated heterocycles. The second-order valence-electron chi connectivity index (χ2n) is 5.25. The first-order valence-corrected chi connectivity index (χ1v) is 5.83. The maximum Gasteiger partial charge on any atom is 0.143 e. The molecule has 3 rings (SSSR count). The molecule has 0 spiro atoms. The van der Waals surface area contributed by atoms with E-state index in [0.29, 0.717) is 0 Å². The van der Waals surface area contributed by atoms with Gasteiger partial charge in [-0.3, -0.25) is 0 Å². The molecule has 0 fully saturated rings. The third kappa shape index (κ3) is 1.19. The average molecular weight is 215 g/mol. The first-order valence-electron chi connectivity index (χ1n) is 5.83. The number of hydrogen-bond acceptors (Lipinski definition) is 1. The number of hydrogen-bond donors (Lipinski definition) is 0. The largest absolute Gasteiger partial charge is 0.491 e. The zero-order chi connectivity index (χ0) is 11.3. The van der Waals surface area contributed by atoms with Crippen molar-refractivity contribution in [2.75, 3.05) is 6.61 Å². The van der Waals surface area contributed by atoms with Gasteiger partial charge < -0.3 is 9.30 Å². The molecule has 0 aliphatic carbocycles. The van der Waals surface area contributed by atoms with Crippen molar-refractivity contribution in [1.82, 2.24) is 4.57 Å². The van der Waals surface area contributed by atoms with Gasteiger partial charge in [0.1, 0.15) is 5.75 Å². The van der Waals surface area contributed by atoms with Crippen LogP contribution in [-0.4, -0.2) is 11.2 Å². The highest BCUT2D eigenvalue weighted by Gasteiger charge is 2.27. The molecule has 1 aliphatic heterocycles. The molecule has 0 N–H and O–H groups in total. The van der Waals surface area contributed by atoms with Crippen molar-refractivity contribution in [3.8, 4) is 5.75 Å². The molecule has 1 aliphatic rings. The maximum absolute atomic E-state index is 5.85. The third-order valence-electron chi connectivity index (χ3n) is 3.61. The smallest absolute Gasteiger partial charge is 0.143 e. The quantitative estimate of drug-likeness (QED) is 0.656. The lowest BCUT2D eigenvalue weighted by Gasteiger charge is -2.25. The summed E-state index contributed by atoms with van der Waals surface area (Å²) < 4.78 is 8.22. The second kappa shape index (κ2) is 3.03. The van der Waals surface area contributed by atoms with Gasteiger partial charge in [-0.25, -0.2) is 0 Å². The van der Waals surface area contributed by atoms with Crippen LogP contribution in [0.3, 0.4) is 0 Å². The van der Waals surface area contributed by atoms with Crippen molar-refractivity contribution >= 4 is 10.9 Å². The Morgan fingerprint density at radius 3 is 2.94 bits per heavy atom. The fraction of sp³-hybridized carbons (Fsp3) is 0.429. The molecule has 0 atom stereocenters. The lowest BCUT2D eigenvalue weighted by Crippen LogP contribution is -2.25. The van der Waals surface area contributed by atoms with Crippen LogP contribution in [0.5, 0.6) is 5.75 Å². The molecule has 1 aromatic heterocycles. The first-order chi connectivity index (χ1) is 7.59. The zero-order valence-electron chi connectivity index (χ0n) is 10.1. The van der Waals surface area contributed by atoms with Crippen molar-refractivity contribution in [3.63, 3.8) is 0 Å². The molecule has 2 nitrogen and oxygen atoms in total. The third-order valence-corrected chi connectivity index (χ3v) is 3.61. The Hall–Kier alpha value is -1.44. The predicted molar refractivity (Wildman–Crippen MR) is 66.1 cm³/mol. The Morgan fingerprint density at radius 2 is 2.12 bits per heavy atom. The van der Waals surface area contributed by atoms with Crippen molar-refractivity contribution in [2.24, 2.45) is 0 Å². The summed E-state index contributed by atoms with van der Waals surface area (Å²) in [6.45, 7) is 7.52. The number of aryl methyl sites for hydroxylation is 1. The Balaban J connectivity index is 2.44. The monoisotopic (exact) mass is 215 g/mol. The summed E-state index contributed by atoms with van der Waals surface area (Å²) in [6, 6.07) is 6.32. The van der Waals surface area contributed by atoms with Gasteiger partial charge in [0, 0.05) is 23.5 Å². The Morgan fingerprint density at radius 1 is 1.31 bits per heavy atom. The van der Waals surface area contributed by atoms with E-state index < -0.39 is 0 Å². The van der Waals surface area contributed by atoms with Gasteiger partial charge >= 0.3 is 0 Å². The molecular formula is C14H17NO. The van der Waals surface area contributed by atoms with E-state index in [4.69, 9.17) is 4.74 Å². The molecule has 2 aromatic rings. The molecule has 0 amide bonds. The van der Waals surface area contributed by atoms with Crippen LogP contribution in [0.4, 0.5) is 0 Å². The molecule has 2 heterocycles. The van der Waals surface area contributed by atoms with Crippen LogP contribution in [0.2, 0.25) is 0 Å². The lowest BCUT2D eigenvalue weighted by molar-refractivity contribution is 0.251. The van der Waals surface area contributed by atoms with E-state index in [1.54, 1.807) is 0 Å². The summed E-state index contributed by atoms with van der Waals surface area (Å²) in [5.41, 5.74) is 2.72. The Labute approximate surface area is 95.8 Å². The summed E-state index contributed by atoms with van der Waals surface area (Å²) in [7, 11) is 0. The number of benzene rings is 1. The van der Waals surface area contributed by atoms with Gasteiger partial charge in [-0.2, -0.15) is 0 Å².